The molecule has 4 heteroatoms. The average Bonchev–Trinajstić information content (AvgIpc) is 2.75. The van der Waals surface area contributed by atoms with Crippen molar-refractivity contribution in [3.05, 3.63) is 36.0 Å². The molecule has 0 saturated heterocycles. The zero-order valence-electron chi connectivity index (χ0n) is 7.14. The highest BCUT2D eigenvalue weighted by Gasteiger charge is 1.99. The number of aryl methyl sites for hydroxylation is 2. The predicted octanol–water partition coefficient (Wildman–Crippen LogP) is 1.84. The van der Waals surface area contributed by atoms with Crippen LogP contribution in [0.1, 0.15) is 17.8 Å². The Kier molecular flexibility index (Phi) is 2.40. The molecule has 0 atom stereocenters. The first-order valence-corrected chi connectivity index (χ1v) is 4.23. The van der Waals surface area contributed by atoms with Gasteiger partial charge >= 0.3 is 0 Å². The van der Waals surface area contributed by atoms with Crippen molar-refractivity contribution in [2.24, 2.45) is 0 Å². The largest absolute Gasteiger partial charge is 0.365 e. The van der Waals surface area contributed by atoms with Gasteiger partial charge in [-0.3, -0.25) is 0 Å². The molecule has 2 aromatic rings. The van der Waals surface area contributed by atoms with Gasteiger partial charge in [0.25, 0.3) is 0 Å². The molecular formula is C9H10N2O2. The van der Waals surface area contributed by atoms with Gasteiger partial charge in [0, 0.05) is 12.1 Å². The highest BCUT2D eigenvalue weighted by Crippen LogP contribution is 2.04. The second kappa shape index (κ2) is 3.89. The lowest BCUT2D eigenvalue weighted by Crippen LogP contribution is -1.89. The van der Waals surface area contributed by atoms with Gasteiger partial charge in [-0.2, -0.15) is 0 Å². The van der Waals surface area contributed by atoms with Gasteiger partial charge < -0.3 is 9.05 Å². The topological polar surface area (TPSA) is 52.1 Å². The standard InChI is InChI=1S/C9H10N2O2/c1(2-8-4-6-12-10-8)3-9-5-7-13-11-9/h4-7H,1-3H2. The Morgan fingerprint density at radius 1 is 0.923 bits per heavy atom. The van der Waals surface area contributed by atoms with Gasteiger partial charge in [0.2, 0.25) is 0 Å². The first-order valence-electron chi connectivity index (χ1n) is 4.23. The number of hydrogen-bond acceptors (Lipinski definition) is 4. The molecule has 0 spiro atoms. The fraction of sp³-hybridized carbons (Fsp3) is 0.333. The fourth-order valence-electron chi connectivity index (χ4n) is 1.18. The molecule has 0 unspecified atom stereocenters. The van der Waals surface area contributed by atoms with Crippen LogP contribution in [0.15, 0.2) is 33.7 Å². The van der Waals surface area contributed by atoms with Crippen LogP contribution in [0.4, 0.5) is 0 Å². The molecule has 0 aliphatic rings. The first kappa shape index (κ1) is 8.04. The van der Waals surface area contributed by atoms with E-state index in [1.807, 2.05) is 12.1 Å². The Balaban J connectivity index is 1.76. The van der Waals surface area contributed by atoms with Gasteiger partial charge in [0.05, 0.1) is 11.4 Å². The van der Waals surface area contributed by atoms with E-state index in [9.17, 15) is 0 Å². The molecule has 2 rings (SSSR count). The van der Waals surface area contributed by atoms with Crippen LogP contribution in [-0.4, -0.2) is 10.3 Å². The molecule has 68 valence electrons. The summed E-state index contributed by atoms with van der Waals surface area (Å²) in [6, 6.07) is 3.76. The van der Waals surface area contributed by atoms with Gasteiger partial charge in [0.15, 0.2) is 0 Å². The van der Waals surface area contributed by atoms with E-state index in [0.29, 0.717) is 0 Å². The summed E-state index contributed by atoms with van der Waals surface area (Å²) in [5.74, 6) is 0. The molecule has 0 radical (unpaired) electrons. The third kappa shape index (κ3) is 2.18. The van der Waals surface area contributed by atoms with Crippen LogP contribution in [0.5, 0.6) is 0 Å². The van der Waals surface area contributed by atoms with Crippen molar-refractivity contribution in [1.82, 2.24) is 10.3 Å². The van der Waals surface area contributed by atoms with Crippen LogP contribution in [0.2, 0.25) is 0 Å². The van der Waals surface area contributed by atoms with Crippen LogP contribution in [0, 0.1) is 0 Å². The van der Waals surface area contributed by atoms with Crippen LogP contribution < -0.4 is 0 Å². The van der Waals surface area contributed by atoms with Gasteiger partial charge in [-0.05, 0) is 19.3 Å². The van der Waals surface area contributed by atoms with Crippen LogP contribution >= 0.6 is 0 Å². The van der Waals surface area contributed by atoms with E-state index in [1.54, 1.807) is 12.5 Å². The third-order valence-corrected chi connectivity index (χ3v) is 1.85. The molecule has 2 aromatic heterocycles. The van der Waals surface area contributed by atoms with Gasteiger partial charge in [-0.15, -0.1) is 0 Å². The Bertz CT molecular complexity index is 292. The lowest BCUT2D eigenvalue weighted by Gasteiger charge is -1.92. The first-order chi connectivity index (χ1) is 6.45. The minimum Gasteiger partial charge on any atom is -0.365 e. The third-order valence-electron chi connectivity index (χ3n) is 1.85. The summed E-state index contributed by atoms with van der Waals surface area (Å²) in [5.41, 5.74) is 1.98. The van der Waals surface area contributed by atoms with Gasteiger partial charge in [0.1, 0.15) is 12.5 Å². The SMILES string of the molecule is c1cc(CCCc2ccon2)no1. The van der Waals surface area contributed by atoms with Crippen molar-refractivity contribution >= 4 is 0 Å². The zero-order valence-corrected chi connectivity index (χ0v) is 7.14. The summed E-state index contributed by atoms with van der Waals surface area (Å²) >= 11 is 0. The van der Waals surface area contributed by atoms with Gasteiger partial charge in [-0.25, -0.2) is 0 Å². The van der Waals surface area contributed by atoms with E-state index in [-0.39, 0.29) is 0 Å². The smallest absolute Gasteiger partial charge is 0.124 e. The summed E-state index contributed by atoms with van der Waals surface area (Å²) in [6.07, 6.45) is 6.03. The quantitative estimate of drug-likeness (QED) is 0.716. The number of rotatable bonds is 4. The summed E-state index contributed by atoms with van der Waals surface area (Å²) < 4.78 is 9.44. The predicted molar refractivity (Wildman–Crippen MR) is 45.0 cm³/mol. The lowest BCUT2D eigenvalue weighted by molar-refractivity contribution is 0.407. The van der Waals surface area contributed by atoms with Crippen molar-refractivity contribution < 1.29 is 9.05 Å². The lowest BCUT2D eigenvalue weighted by atomic mass is 10.1. The van der Waals surface area contributed by atoms with E-state index < -0.39 is 0 Å². The highest BCUT2D eigenvalue weighted by molar-refractivity contribution is 4.98. The Morgan fingerprint density at radius 2 is 1.46 bits per heavy atom. The molecule has 0 fully saturated rings. The van der Waals surface area contributed by atoms with Crippen molar-refractivity contribution in [3.8, 4) is 0 Å². The molecule has 0 aliphatic heterocycles. The number of aromatic nitrogens is 2. The molecule has 0 saturated carbocycles. The second-order valence-corrected chi connectivity index (χ2v) is 2.84. The van der Waals surface area contributed by atoms with Crippen LogP contribution in [0.25, 0.3) is 0 Å². The maximum Gasteiger partial charge on any atom is 0.124 e. The molecular weight excluding hydrogens is 168 g/mol. The molecule has 4 nitrogen and oxygen atoms in total. The summed E-state index contributed by atoms with van der Waals surface area (Å²) in [6.45, 7) is 0. The van der Waals surface area contributed by atoms with Crippen LogP contribution in [-0.2, 0) is 12.8 Å². The van der Waals surface area contributed by atoms with E-state index in [0.717, 1.165) is 30.7 Å². The monoisotopic (exact) mass is 178 g/mol. The van der Waals surface area contributed by atoms with Crippen molar-refractivity contribution in [2.75, 3.05) is 0 Å². The minimum absolute atomic E-state index is 0.920. The second-order valence-electron chi connectivity index (χ2n) is 2.84. The normalized spacial score (nSPS) is 10.5. The van der Waals surface area contributed by atoms with E-state index >= 15 is 0 Å². The summed E-state index contributed by atoms with van der Waals surface area (Å²) in [7, 11) is 0. The van der Waals surface area contributed by atoms with Crippen molar-refractivity contribution in [1.29, 1.82) is 0 Å². The number of nitrogens with zero attached hydrogens (tertiary/aromatic N) is 2. The van der Waals surface area contributed by atoms with E-state index in [1.165, 1.54) is 0 Å². The molecule has 0 amide bonds. The molecule has 0 bridgehead atoms. The minimum atomic E-state index is 0.920. The van der Waals surface area contributed by atoms with Gasteiger partial charge in [-0.1, -0.05) is 10.3 Å². The van der Waals surface area contributed by atoms with E-state index in [4.69, 9.17) is 9.05 Å². The Labute approximate surface area is 75.5 Å². The molecule has 13 heavy (non-hydrogen) atoms. The highest BCUT2D eigenvalue weighted by atomic mass is 16.5. The summed E-state index contributed by atoms with van der Waals surface area (Å²) in [5, 5.41) is 7.63. The Hall–Kier alpha value is -1.58. The Morgan fingerprint density at radius 3 is 1.85 bits per heavy atom. The molecule has 0 N–H and O–H groups in total. The average molecular weight is 178 g/mol. The van der Waals surface area contributed by atoms with E-state index in [2.05, 4.69) is 10.3 Å². The molecule has 0 aliphatic carbocycles. The zero-order chi connectivity index (χ0) is 8.93. The maximum atomic E-state index is 4.72. The van der Waals surface area contributed by atoms with Crippen molar-refractivity contribution in [3.63, 3.8) is 0 Å². The molecule has 2 heterocycles. The van der Waals surface area contributed by atoms with Crippen LogP contribution in [0.3, 0.4) is 0 Å². The maximum absolute atomic E-state index is 4.72. The fourth-order valence-corrected chi connectivity index (χ4v) is 1.18. The summed E-state index contributed by atoms with van der Waals surface area (Å²) in [4.78, 5) is 0. The number of hydrogen-bond donors (Lipinski definition) is 0. The molecule has 0 aromatic carbocycles. The van der Waals surface area contributed by atoms with Crippen molar-refractivity contribution in [2.45, 2.75) is 19.3 Å².